The van der Waals surface area contributed by atoms with Crippen molar-refractivity contribution in [2.45, 2.75) is 13.8 Å². The van der Waals surface area contributed by atoms with Gasteiger partial charge in [0.1, 0.15) is 5.82 Å². The molecule has 0 unspecified atom stereocenters. The summed E-state index contributed by atoms with van der Waals surface area (Å²) in [6, 6.07) is 7.87. The Labute approximate surface area is 162 Å². The second kappa shape index (κ2) is 7.38. The Balaban J connectivity index is 1.52. The first kappa shape index (κ1) is 18.1. The fourth-order valence-corrected chi connectivity index (χ4v) is 3.51. The number of rotatable bonds is 3. The topological polar surface area (TPSA) is 67.2 Å². The van der Waals surface area contributed by atoms with Crippen LogP contribution in [0.4, 0.5) is 10.3 Å². The molecule has 0 radical (unpaired) electrons. The van der Waals surface area contributed by atoms with Crippen LogP contribution in [0.25, 0.3) is 5.69 Å². The molecule has 0 N–H and O–H groups in total. The van der Waals surface area contributed by atoms with E-state index < -0.39 is 0 Å². The van der Waals surface area contributed by atoms with Crippen LogP contribution in [0.1, 0.15) is 21.7 Å². The maximum atomic E-state index is 13.2. The summed E-state index contributed by atoms with van der Waals surface area (Å²) < 4.78 is 14.9. The van der Waals surface area contributed by atoms with Crippen LogP contribution >= 0.6 is 0 Å². The third-order valence-electron chi connectivity index (χ3n) is 4.98. The maximum Gasteiger partial charge on any atom is 0.257 e. The molecule has 28 heavy (non-hydrogen) atoms. The fourth-order valence-electron chi connectivity index (χ4n) is 3.51. The molecule has 144 valence electrons. The van der Waals surface area contributed by atoms with E-state index in [0.717, 1.165) is 11.4 Å². The molecular formula is C20H21FN6O. The Morgan fingerprint density at radius 1 is 1.00 bits per heavy atom. The summed E-state index contributed by atoms with van der Waals surface area (Å²) in [6.07, 6.45) is 3.44. The molecule has 7 nitrogen and oxygen atoms in total. The van der Waals surface area contributed by atoms with Crippen molar-refractivity contribution in [1.29, 1.82) is 0 Å². The molecule has 0 spiro atoms. The number of aromatic nitrogens is 4. The average Bonchev–Trinajstić information content (AvgIpc) is 3.03. The molecule has 1 aliphatic rings. The number of carbonyl (C=O) groups excluding carboxylic acids is 1. The number of hydrogen-bond donors (Lipinski definition) is 0. The summed E-state index contributed by atoms with van der Waals surface area (Å²) in [4.78, 5) is 25.6. The van der Waals surface area contributed by atoms with Gasteiger partial charge < -0.3 is 9.80 Å². The van der Waals surface area contributed by atoms with Crippen LogP contribution < -0.4 is 4.90 Å². The molecule has 8 heteroatoms. The standard InChI is InChI=1S/C20H21FN6O/c1-14-18(15(2)27(24-14)17-6-4-16(21)5-7-17)19(28)25-10-12-26(13-11-25)20-22-8-3-9-23-20/h3-9H,10-13H2,1-2H3. The molecule has 1 aromatic carbocycles. The number of halogens is 1. The molecule has 1 aliphatic heterocycles. The minimum absolute atomic E-state index is 0.0306. The fraction of sp³-hybridized carbons (Fsp3) is 0.300. The first-order valence-corrected chi connectivity index (χ1v) is 9.18. The molecule has 3 aromatic rings. The molecule has 0 aliphatic carbocycles. The van der Waals surface area contributed by atoms with Crippen LogP contribution in [-0.2, 0) is 0 Å². The van der Waals surface area contributed by atoms with Gasteiger partial charge in [0, 0.05) is 38.6 Å². The highest BCUT2D eigenvalue weighted by atomic mass is 19.1. The predicted octanol–water partition coefficient (Wildman–Crippen LogP) is 2.38. The van der Waals surface area contributed by atoms with Gasteiger partial charge in [0.25, 0.3) is 5.91 Å². The number of hydrogen-bond acceptors (Lipinski definition) is 5. The summed E-state index contributed by atoms with van der Waals surface area (Å²) in [6.45, 7) is 6.24. The first-order valence-electron chi connectivity index (χ1n) is 9.18. The lowest BCUT2D eigenvalue weighted by Gasteiger charge is -2.34. The van der Waals surface area contributed by atoms with Crippen molar-refractivity contribution in [3.05, 3.63) is 65.5 Å². The van der Waals surface area contributed by atoms with Gasteiger partial charge in [-0.3, -0.25) is 4.79 Å². The monoisotopic (exact) mass is 380 g/mol. The van der Waals surface area contributed by atoms with E-state index >= 15 is 0 Å². The second-order valence-corrected chi connectivity index (χ2v) is 6.76. The van der Waals surface area contributed by atoms with Gasteiger partial charge in [-0.15, -0.1) is 0 Å². The van der Waals surface area contributed by atoms with Crippen molar-refractivity contribution in [1.82, 2.24) is 24.6 Å². The largest absolute Gasteiger partial charge is 0.337 e. The van der Waals surface area contributed by atoms with Gasteiger partial charge in [-0.2, -0.15) is 5.10 Å². The number of anilines is 1. The summed E-state index contributed by atoms with van der Waals surface area (Å²) in [5, 5.41) is 4.50. The summed E-state index contributed by atoms with van der Waals surface area (Å²) in [5.41, 5.74) is 2.75. The summed E-state index contributed by atoms with van der Waals surface area (Å²) in [5.74, 6) is 0.352. The lowest BCUT2D eigenvalue weighted by atomic mass is 10.1. The minimum atomic E-state index is -0.304. The molecule has 1 amide bonds. The van der Waals surface area contributed by atoms with Crippen LogP contribution in [-0.4, -0.2) is 56.7 Å². The van der Waals surface area contributed by atoms with Crippen molar-refractivity contribution >= 4 is 11.9 Å². The smallest absolute Gasteiger partial charge is 0.257 e. The molecule has 4 rings (SSSR count). The summed E-state index contributed by atoms with van der Waals surface area (Å²) >= 11 is 0. The van der Waals surface area contributed by atoms with E-state index in [2.05, 4.69) is 20.0 Å². The highest BCUT2D eigenvalue weighted by Crippen LogP contribution is 2.21. The highest BCUT2D eigenvalue weighted by Gasteiger charge is 2.27. The second-order valence-electron chi connectivity index (χ2n) is 6.76. The maximum absolute atomic E-state index is 13.2. The number of benzene rings is 1. The zero-order chi connectivity index (χ0) is 19.7. The average molecular weight is 380 g/mol. The molecule has 3 heterocycles. The van der Waals surface area contributed by atoms with Gasteiger partial charge in [-0.25, -0.2) is 19.0 Å². The van der Waals surface area contributed by atoms with Gasteiger partial charge in [0.05, 0.1) is 22.6 Å². The lowest BCUT2D eigenvalue weighted by molar-refractivity contribution is 0.0744. The van der Waals surface area contributed by atoms with Crippen molar-refractivity contribution in [3.8, 4) is 5.69 Å². The number of nitrogens with zero attached hydrogens (tertiary/aromatic N) is 6. The van der Waals surface area contributed by atoms with Crippen LogP contribution in [0.3, 0.4) is 0 Å². The molecule has 0 atom stereocenters. The van der Waals surface area contributed by atoms with E-state index in [0.29, 0.717) is 43.4 Å². The van der Waals surface area contributed by atoms with Crippen LogP contribution in [0.5, 0.6) is 0 Å². The van der Waals surface area contributed by atoms with E-state index in [1.54, 1.807) is 35.3 Å². The SMILES string of the molecule is Cc1nn(-c2ccc(F)cc2)c(C)c1C(=O)N1CCN(c2ncccn2)CC1. The highest BCUT2D eigenvalue weighted by molar-refractivity contribution is 5.96. The Hall–Kier alpha value is -3.29. The van der Waals surface area contributed by atoms with E-state index in [4.69, 9.17) is 0 Å². The van der Waals surface area contributed by atoms with Crippen molar-refractivity contribution < 1.29 is 9.18 Å². The van der Waals surface area contributed by atoms with Gasteiger partial charge in [-0.1, -0.05) is 0 Å². The molecule has 1 saturated heterocycles. The molecule has 0 saturated carbocycles. The van der Waals surface area contributed by atoms with Gasteiger partial charge in [-0.05, 0) is 44.2 Å². The Morgan fingerprint density at radius 3 is 2.29 bits per heavy atom. The van der Waals surface area contributed by atoms with Gasteiger partial charge in [0.15, 0.2) is 0 Å². The van der Waals surface area contributed by atoms with Gasteiger partial charge >= 0.3 is 0 Å². The molecule has 1 fully saturated rings. The predicted molar refractivity (Wildman–Crippen MR) is 103 cm³/mol. The zero-order valence-corrected chi connectivity index (χ0v) is 15.8. The van der Waals surface area contributed by atoms with E-state index in [9.17, 15) is 9.18 Å². The van der Waals surface area contributed by atoms with Crippen molar-refractivity contribution in [3.63, 3.8) is 0 Å². The van der Waals surface area contributed by atoms with Crippen molar-refractivity contribution in [2.24, 2.45) is 0 Å². The van der Waals surface area contributed by atoms with E-state index in [1.165, 1.54) is 12.1 Å². The Bertz CT molecular complexity index is 978. The van der Waals surface area contributed by atoms with Crippen LogP contribution in [0.15, 0.2) is 42.7 Å². The van der Waals surface area contributed by atoms with Crippen LogP contribution in [0, 0.1) is 19.7 Å². The van der Waals surface area contributed by atoms with E-state index in [1.807, 2.05) is 18.7 Å². The number of amides is 1. The third-order valence-corrected chi connectivity index (χ3v) is 4.98. The minimum Gasteiger partial charge on any atom is -0.337 e. The lowest BCUT2D eigenvalue weighted by Crippen LogP contribution is -2.49. The molecule has 0 bridgehead atoms. The van der Waals surface area contributed by atoms with Crippen molar-refractivity contribution in [2.75, 3.05) is 31.1 Å². The number of aryl methyl sites for hydroxylation is 1. The quantitative estimate of drug-likeness (QED) is 0.698. The zero-order valence-electron chi connectivity index (χ0n) is 15.8. The normalized spacial score (nSPS) is 14.4. The number of carbonyl (C=O) groups is 1. The Morgan fingerprint density at radius 2 is 1.64 bits per heavy atom. The van der Waals surface area contributed by atoms with E-state index in [-0.39, 0.29) is 11.7 Å². The summed E-state index contributed by atoms with van der Waals surface area (Å²) in [7, 11) is 0. The van der Waals surface area contributed by atoms with Crippen LogP contribution in [0.2, 0.25) is 0 Å². The molecular weight excluding hydrogens is 359 g/mol. The first-order chi connectivity index (χ1) is 13.5. The third kappa shape index (κ3) is 3.33. The number of piperazine rings is 1. The van der Waals surface area contributed by atoms with Gasteiger partial charge in [0.2, 0.25) is 5.95 Å². The molecule has 2 aromatic heterocycles. The Kier molecular flexibility index (Phi) is 4.77.